The average molecular weight is 326 g/mol. The zero-order chi connectivity index (χ0) is 17.5. The molecule has 2 rings (SSSR count). The van der Waals surface area contributed by atoms with Gasteiger partial charge in [0.1, 0.15) is 5.82 Å². The predicted molar refractivity (Wildman–Crippen MR) is 97.9 cm³/mol. The Balaban J connectivity index is 1.95. The first-order chi connectivity index (χ1) is 11.5. The minimum atomic E-state index is -0.0643. The van der Waals surface area contributed by atoms with E-state index in [4.69, 9.17) is 0 Å². The van der Waals surface area contributed by atoms with Crippen molar-refractivity contribution in [3.05, 3.63) is 59.8 Å². The molecule has 2 aromatic rings. The molecule has 128 valence electrons. The van der Waals surface area contributed by atoms with Crippen molar-refractivity contribution in [3.63, 3.8) is 0 Å². The maximum atomic E-state index is 12.5. The monoisotopic (exact) mass is 326 g/mol. The molecule has 1 N–H and O–H groups in total. The second-order valence-electron chi connectivity index (χ2n) is 6.29. The summed E-state index contributed by atoms with van der Waals surface area (Å²) in [5.41, 5.74) is 2.11. The second kappa shape index (κ2) is 8.34. The SMILES string of the molecule is CC(C)N(Cc1ccccc1)C(=O)NCc1ccc(N(C)C)nc1. The van der Waals surface area contributed by atoms with E-state index < -0.39 is 0 Å². The smallest absolute Gasteiger partial charge is 0.318 e. The summed E-state index contributed by atoms with van der Waals surface area (Å²) >= 11 is 0. The highest BCUT2D eigenvalue weighted by Crippen LogP contribution is 2.10. The molecule has 0 spiro atoms. The molecular weight excluding hydrogens is 300 g/mol. The van der Waals surface area contributed by atoms with Crippen molar-refractivity contribution in [2.75, 3.05) is 19.0 Å². The number of carbonyl (C=O) groups excluding carboxylic acids is 1. The molecule has 0 fully saturated rings. The van der Waals surface area contributed by atoms with Crippen molar-refractivity contribution in [2.24, 2.45) is 0 Å². The molecule has 1 heterocycles. The van der Waals surface area contributed by atoms with Crippen LogP contribution in [0.3, 0.4) is 0 Å². The van der Waals surface area contributed by atoms with Gasteiger partial charge in [0.15, 0.2) is 0 Å². The molecular formula is C19H26N4O. The first kappa shape index (κ1) is 17.8. The van der Waals surface area contributed by atoms with Crippen molar-refractivity contribution in [1.82, 2.24) is 15.2 Å². The Morgan fingerprint density at radius 2 is 1.79 bits per heavy atom. The Kier molecular flexibility index (Phi) is 6.18. The summed E-state index contributed by atoms with van der Waals surface area (Å²) in [4.78, 5) is 20.7. The Labute approximate surface area is 144 Å². The number of rotatable bonds is 6. The third-order valence-corrected chi connectivity index (χ3v) is 3.79. The lowest BCUT2D eigenvalue weighted by atomic mass is 10.2. The van der Waals surface area contributed by atoms with Crippen LogP contribution in [0.4, 0.5) is 10.6 Å². The fraction of sp³-hybridized carbons (Fsp3) is 0.368. The summed E-state index contributed by atoms with van der Waals surface area (Å²) in [6.45, 7) is 5.12. The molecule has 0 saturated carbocycles. The zero-order valence-corrected chi connectivity index (χ0v) is 14.9. The molecule has 0 saturated heterocycles. The highest BCUT2D eigenvalue weighted by Gasteiger charge is 2.16. The first-order valence-corrected chi connectivity index (χ1v) is 8.18. The van der Waals surface area contributed by atoms with Crippen molar-refractivity contribution < 1.29 is 4.79 Å². The molecule has 1 aromatic carbocycles. The number of anilines is 1. The summed E-state index contributed by atoms with van der Waals surface area (Å²) in [5.74, 6) is 0.901. The molecule has 0 radical (unpaired) electrons. The summed E-state index contributed by atoms with van der Waals surface area (Å²) in [6, 6.07) is 14.0. The highest BCUT2D eigenvalue weighted by atomic mass is 16.2. The largest absolute Gasteiger partial charge is 0.363 e. The third-order valence-electron chi connectivity index (χ3n) is 3.79. The fourth-order valence-corrected chi connectivity index (χ4v) is 2.33. The lowest BCUT2D eigenvalue weighted by molar-refractivity contribution is 0.179. The molecule has 5 heteroatoms. The molecule has 0 unspecified atom stereocenters. The molecule has 5 nitrogen and oxygen atoms in total. The minimum Gasteiger partial charge on any atom is -0.363 e. The maximum Gasteiger partial charge on any atom is 0.318 e. The van der Waals surface area contributed by atoms with Gasteiger partial charge >= 0.3 is 6.03 Å². The summed E-state index contributed by atoms with van der Waals surface area (Å²) < 4.78 is 0. The van der Waals surface area contributed by atoms with Crippen LogP contribution in [0.5, 0.6) is 0 Å². The number of amides is 2. The topological polar surface area (TPSA) is 48.5 Å². The molecule has 2 amide bonds. The number of pyridine rings is 1. The van der Waals surface area contributed by atoms with Crippen LogP contribution in [0.2, 0.25) is 0 Å². The van der Waals surface area contributed by atoms with E-state index in [0.29, 0.717) is 13.1 Å². The van der Waals surface area contributed by atoms with E-state index in [0.717, 1.165) is 16.9 Å². The van der Waals surface area contributed by atoms with E-state index in [1.165, 1.54) is 0 Å². The van der Waals surface area contributed by atoms with Gasteiger partial charge in [-0.3, -0.25) is 0 Å². The van der Waals surface area contributed by atoms with Crippen LogP contribution in [0.15, 0.2) is 48.7 Å². The number of urea groups is 1. The predicted octanol–water partition coefficient (Wildman–Crippen LogP) is 3.27. The molecule has 1 aromatic heterocycles. The van der Waals surface area contributed by atoms with Crippen LogP contribution >= 0.6 is 0 Å². The lowest BCUT2D eigenvalue weighted by Gasteiger charge is -2.27. The van der Waals surface area contributed by atoms with Crippen molar-refractivity contribution in [1.29, 1.82) is 0 Å². The van der Waals surface area contributed by atoms with Gasteiger partial charge in [-0.15, -0.1) is 0 Å². The van der Waals surface area contributed by atoms with E-state index in [9.17, 15) is 4.79 Å². The zero-order valence-electron chi connectivity index (χ0n) is 14.9. The van der Waals surface area contributed by atoms with Crippen molar-refractivity contribution >= 4 is 11.8 Å². The Morgan fingerprint density at radius 1 is 1.08 bits per heavy atom. The van der Waals surface area contributed by atoms with Gasteiger partial charge in [0.05, 0.1) is 0 Å². The van der Waals surface area contributed by atoms with E-state index in [1.54, 1.807) is 6.20 Å². The van der Waals surface area contributed by atoms with Gasteiger partial charge < -0.3 is 15.1 Å². The molecule has 0 atom stereocenters. The van der Waals surface area contributed by atoms with Gasteiger partial charge in [0, 0.05) is 39.4 Å². The molecule has 0 aliphatic carbocycles. The van der Waals surface area contributed by atoms with E-state index in [2.05, 4.69) is 10.3 Å². The standard InChI is InChI=1S/C19H26N4O/c1-15(2)23(14-16-8-6-5-7-9-16)19(24)21-13-17-10-11-18(20-12-17)22(3)4/h5-12,15H,13-14H2,1-4H3,(H,21,24). The fourth-order valence-electron chi connectivity index (χ4n) is 2.33. The van der Waals surface area contributed by atoms with Gasteiger partial charge in [-0.2, -0.15) is 0 Å². The highest BCUT2D eigenvalue weighted by molar-refractivity contribution is 5.74. The number of aromatic nitrogens is 1. The molecule has 24 heavy (non-hydrogen) atoms. The van der Waals surface area contributed by atoms with Gasteiger partial charge in [-0.25, -0.2) is 9.78 Å². The number of hydrogen-bond acceptors (Lipinski definition) is 3. The van der Waals surface area contributed by atoms with Crippen LogP contribution in [-0.4, -0.2) is 36.1 Å². The third kappa shape index (κ3) is 4.98. The van der Waals surface area contributed by atoms with Crippen LogP contribution in [-0.2, 0) is 13.1 Å². The number of benzene rings is 1. The van der Waals surface area contributed by atoms with Gasteiger partial charge in [-0.1, -0.05) is 36.4 Å². The Hall–Kier alpha value is -2.56. The van der Waals surface area contributed by atoms with Crippen LogP contribution < -0.4 is 10.2 Å². The van der Waals surface area contributed by atoms with E-state index in [-0.39, 0.29) is 12.1 Å². The lowest BCUT2D eigenvalue weighted by Crippen LogP contribution is -2.43. The number of nitrogens with zero attached hydrogens (tertiary/aromatic N) is 3. The average Bonchev–Trinajstić information content (AvgIpc) is 2.58. The number of carbonyl (C=O) groups is 1. The first-order valence-electron chi connectivity index (χ1n) is 8.18. The van der Waals surface area contributed by atoms with Gasteiger partial charge in [0.2, 0.25) is 0 Å². The van der Waals surface area contributed by atoms with Crippen LogP contribution in [0.1, 0.15) is 25.0 Å². The maximum absolute atomic E-state index is 12.5. The minimum absolute atomic E-state index is 0.0643. The number of hydrogen-bond donors (Lipinski definition) is 1. The molecule has 0 aliphatic heterocycles. The summed E-state index contributed by atoms with van der Waals surface area (Å²) in [7, 11) is 3.90. The Morgan fingerprint density at radius 3 is 2.33 bits per heavy atom. The van der Waals surface area contributed by atoms with Crippen LogP contribution in [0.25, 0.3) is 0 Å². The van der Waals surface area contributed by atoms with E-state index in [1.807, 2.05) is 80.2 Å². The van der Waals surface area contributed by atoms with E-state index >= 15 is 0 Å². The molecule has 0 bridgehead atoms. The number of nitrogens with one attached hydrogen (secondary N) is 1. The van der Waals surface area contributed by atoms with Crippen molar-refractivity contribution in [2.45, 2.75) is 33.0 Å². The quantitative estimate of drug-likeness (QED) is 0.886. The summed E-state index contributed by atoms with van der Waals surface area (Å²) in [5, 5.41) is 2.98. The second-order valence-corrected chi connectivity index (χ2v) is 6.29. The molecule has 0 aliphatic rings. The van der Waals surface area contributed by atoms with Gasteiger partial charge in [-0.05, 0) is 31.0 Å². The van der Waals surface area contributed by atoms with Crippen LogP contribution in [0, 0.1) is 0 Å². The van der Waals surface area contributed by atoms with Crippen molar-refractivity contribution in [3.8, 4) is 0 Å². The summed E-state index contributed by atoms with van der Waals surface area (Å²) in [6.07, 6.45) is 1.80. The Bertz CT molecular complexity index is 638. The normalized spacial score (nSPS) is 10.5. The van der Waals surface area contributed by atoms with Gasteiger partial charge in [0.25, 0.3) is 0 Å².